The number of amides is 1. The van der Waals surface area contributed by atoms with Crippen molar-refractivity contribution in [1.29, 1.82) is 0 Å². The van der Waals surface area contributed by atoms with Gasteiger partial charge in [-0.25, -0.2) is 9.97 Å². The molecule has 0 fully saturated rings. The number of anilines is 3. The molecule has 3 rings (SSSR count). The maximum Gasteiger partial charge on any atom is 0.258 e. The molecule has 2 heterocycles. The van der Waals surface area contributed by atoms with Gasteiger partial charge < -0.3 is 15.2 Å². The van der Waals surface area contributed by atoms with Crippen LogP contribution < -0.4 is 10.6 Å². The van der Waals surface area contributed by atoms with Gasteiger partial charge in [0, 0.05) is 29.2 Å². The van der Waals surface area contributed by atoms with Crippen molar-refractivity contribution in [2.24, 2.45) is 0 Å². The standard InChI is InChI=1S/C16H14ClN5O2/c1-9-6-14(22-24-9)21-16-18-7-11(8-19-16)15(23)20-13-5-3-4-12(17)10(13)2/h3-8H,1-2H3,(H,20,23)(H,18,19,21,22). The monoisotopic (exact) mass is 343 g/mol. The quantitative estimate of drug-likeness (QED) is 0.749. The van der Waals surface area contributed by atoms with E-state index < -0.39 is 0 Å². The highest BCUT2D eigenvalue weighted by Gasteiger charge is 2.11. The van der Waals surface area contributed by atoms with E-state index in [1.165, 1.54) is 12.4 Å². The summed E-state index contributed by atoms with van der Waals surface area (Å²) in [5.41, 5.74) is 1.78. The van der Waals surface area contributed by atoms with E-state index in [9.17, 15) is 4.79 Å². The fourth-order valence-corrected chi connectivity index (χ4v) is 2.16. The Morgan fingerprint density at radius 1 is 1.21 bits per heavy atom. The highest BCUT2D eigenvalue weighted by molar-refractivity contribution is 6.31. The molecule has 0 atom stereocenters. The minimum Gasteiger partial charge on any atom is -0.360 e. The van der Waals surface area contributed by atoms with Crippen molar-refractivity contribution in [2.75, 3.05) is 10.6 Å². The number of benzene rings is 1. The fourth-order valence-electron chi connectivity index (χ4n) is 1.99. The number of rotatable bonds is 4. The first-order chi connectivity index (χ1) is 11.5. The van der Waals surface area contributed by atoms with Gasteiger partial charge in [-0.1, -0.05) is 22.8 Å². The average molecular weight is 344 g/mol. The Morgan fingerprint density at radius 3 is 2.62 bits per heavy atom. The number of hydrogen-bond acceptors (Lipinski definition) is 6. The third kappa shape index (κ3) is 3.52. The van der Waals surface area contributed by atoms with E-state index in [0.717, 1.165) is 5.56 Å². The normalized spacial score (nSPS) is 10.5. The fraction of sp³-hybridized carbons (Fsp3) is 0.125. The van der Waals surface area contributed by atoms with E-state index in [-0.39, 0.29) is 5.91 Å². The summed E-state index contributed by atoms with van der Waals surface area (Å²) in [6, 6.07) is 7.03. The van der Waals surface area contributed by atoms with Gasteiger partial charge in [-0.2, -0.15) is 0 Å². The second kappa shape index (κ2) is 6.67. The summed E-state index contributed by atoms with van der Waals surface area (Å²) in [5, 5.41) is 10.0. The molecule has 1 aromatic carbocycles. The Labute approximate surface area is 143 Å². The zero-order valence-corrected chi connectivity index (χ0v) is 13.8. The molecule has 24 heavy (non-hydrogen) atoms. The smallest absolute Gasteiger partial charge is 0.258 e. The largest absolute Gasteiger partial charge is 0.360 e. The number of aryl methyl sites for hydroxylation is 1. The zero-order chi connectivity index (χ0) is 17.1. The van der Waals surface area contributed by atoms with Crippen LogP contribution >= 0.6 is 11.6 Å². The molecule has 7 nitrogen and oxygen atoms in total. The van der Waals surface area contributed by atoms with Gasteiger partial charge in [0.05, 0.1) is 5.56 Å². The lowest BCUT2D eigenvalue weighted by Gasteiger charge is -2.09. The van der Waals surface area contributed by atoms with Crippen LogP contribution in [0.25, 0.3) is 0 Å². The first kappa shape index (κ1) is 15.9. The van der Waals surface area contributed by atoms with Crippen LogP contribution in [0.1, 0.15) is 21.7 Å². The van der Waals surface area contributed by atoms with E-state index in [1.807, 2.05) is 6.92 Å². The van der Waals surface area contributed by atoms with E-state index in [2.05, 4.69) is 25.8 Å². The molecular weight excluding hydrogens is 330 g/mol. The summed E-state index contributed by atoms with van der Waals surface area (Å²) in [5.74, 6) is 1.17. The molecule has 0 aliphatic heterocycles. The summed E-state index contributed by atoms with van der Waals surface area (Å²) in [6.45, 7) is 3.62. The zero-order valence-electron chi connectivity index (χ0n) is 13.0. The highest BCUT2D eigenvalue weighted by atomic mass is 35.5. The maximum absolute atomic E-state index is 12.3. The molecule has 2 aromatic heterocycles. The SMILES string of the molecule is Cc1cc(Nc2ncc(C(=O)Nc3cccc(Cl)c3C)cn2)no1. The van der Waals surface area contributed by atoms with Crippen LogP contribution in [0, 0.1) is 13.8 Å². The van der Waals surface area contributed by atoms with Crippen LogP contribution in [0.5, 0.6) is 0 Å². The average Bonchev–Trinajstić information content (AvgIpc) is 2.97. The van der Waals surface area contributed by atoms with Crippen molar-refractivity contribution < 1.29 is 9.32 Å². The third-order valence-corrected chi connectivity index (χ3v) is 3.71. The summed E-state index contributed by atoms with van der Waals surface area (Å²) in [4.78, 5) is 20.5. The van der Waals surface area contributed by atoms with E-state index in [4.69, 9.17) is 16.1 Å². The lowest BCUT2D eigenvalue weighted by molar-refractivity contribution is 0.102. The summed E-state index contributed by atoms with van der Waals surface area (Å²) >= 11 is 6.04. The molecular formula is C16H14ClN5O2. The molecule has 0 unspecified atom stereocenters. The van der Waals surface area contributed by atoms with Crippen LogP contribution in [0.2, 0.25) is 5.02 Å². The second-order valence-corrected chi connectivity index (χ2v) is 5.52. The molecule has 0 saturated heterocycles. The van der Waals surface area contributed by atoms with Crippen molar-refractivity contribution in [3.63, 3.8) is 0 Å². The lowest BCUT2D eigenvalue weighted by Crippen LogP contribution is -2.14. The van der Waals surface area contributed by atoms with Gasteiger partial charge in [0.25, 0.3) is 5.91 Å². The molecule has 8 heteroatoms. The first-order valence-electron chi connectivity index (χ1n) is 7.12. The van der Waals surface area contributed by atoms with Gasteiger partial charge in [-0.05, 0) is 31.5 Å². The van der Waals surface area contributed by atoms with Crippen LogP contribution in [-0.2, 0) is 0 Å². The molecule has 0 aliphatic rings. The Hall–Kier alpha value is -2.93. The number of halogens is 1. The predicted molar refractivity (Wildman–Crippen MR) is 90.7 cm³/mol. The Morgan fingerprint density at radius 2 is 1.96 bits per heavy atom. The number of carbonyl (C=O) groups is 1. The topological polar surface area (TPSA) is 92.9 Å². The van der Waals surface area contributed by atoms with E-state index in [1.54, 1.807) is 31.2 Å². The van der Waals surface area contributed by atoms with Crippen molar-refractivity contribution in [3.05, 3.63) is 58.6 Å². The van der Waals surface area contributed by atoms with E-state index >= 15 is 0 Å². The number of nitrogens with zero attached hydrogens (tertiary/aromatic N) is 3. The highest BCUT2D eigenvalue weighted by Crippen LogP contribution is 2.23. The van der Waals surface area contributed by atoms with Crippen LogP contribution in [0.4, 0.5) is 17.5 Å². The van der Waals surface area contributed by atoms with Crippen LogP contribution in [-0.4, -0.2) is 21.0 Å². The maximum atomic E-state index is 12.3. The Kier molecular flexibility index (Phi) is 4.43. The molecule has 1 amide bonds. The Balaban J connectivity index is 1.70. The lowest BCUT2D eigenvalue weighted by atomic mass is 10.2. The molecule has 122 valence electrons. The second-order valence-electron chi connectivity index (χ2n) is 5.11. The van der Waals surface area contributed by atoms with Crippen molar-refractivity contribution in [2.45, 2.75) is 13.8 Å². The summed E-state index contributed by atoms with van der Waals surface area (Å²) in [7, 11) is 0. The van der Waals surface area contributed by atoms with Gasteiger partial charge in [0.2, 0.25) is 5.95 Å². The van der Waals surface area contributed by atoms with Crippen molar-refractivity contribution in [3.8, 4) is 0 Å². The summed E-state index contributed by atoms with van der Waals surface area (Å²) < 4.78 is 4.94. The molecule has 0 spiro atoms. The van der Waals surface area contributed by atoms with Gasteiger partial charge in [-0.15, -0.1) is 0 Å². The number of hydrogen-bond donors (Lipinski definition) is 2. The number of nitrogens with one attached hydrogen (secondary N) is 2. The van der Waals surface area contributed by atoms with Gasteiger partial charge in [0.15, 0.2) is 5.82 Å². The minimum atomic E-state index is -0.316. The number of carbonyl (C=O) groups excluding carboxylic acids is 1. The van der Waals surface area contributed by atoms with Crippen molar-refractivity contribution >= 4 is 35.0 Å². The predicted octanol–water partition coefficient (Wildman–Crippen LogP) is 3.73. The molecule has 2 N–H and O–H groups in total. The number of aromatic nitrogens is 3. The van der Waals surface area contributed by atoms with Gasteiger partial charge in [0.1, 0.15) is 5.76 Å². The molecule has 0 saturated carbocycles. The van der Waals surface area contributed by atoms with Gasteiger partial charge in [-0.3, -0.25) is 4.79 Å². The van der Waals surface area contributed by atoms with Crippen LogP contribution in [0.3, 0.4) is 0 Å². The molecule has 0 aliphatic carbocycles. The van der Waals surface area contributed by atoms with Crippen LogP contribution in [0.15, 0.2) is 41.2 Å². The van der Waals surface area contributed by atoms with E-state index in [0.29, 0.717) is 33.8 Å². The third-order valence-electron chi connectivity index (χ3n) is 3.30. The molecule has 0 radical (unpaired) electrons. The van der Waals surface area contributed by atoms with Crippen molar-refractivity contribution in [1.82, 2.24) is 15.1 Å². The Bertz CT molecular complexity index is 876. The minimum absolute atomic E-state index is 0.316. The first-order valence-corrected chi connectivity index (χ1v) is 7.49. The molecule has 0 bridgehead atoms. The van der Waals surface area contributed by atoms with Gasteiger partial charge >= 0.3 is 0 Å². The summed E-state index contributed by atoms with van der Waals surface area (Å²) in [6.07, 6.45) is 2.86. The molecule has 3 aromatic rings.